The molecule has 0 radical (unpaired) electrons. The van der Waals surface area contributed by atoms with Crippen LogP contribution in [-0.4, -0.2) is 21.3 Å². The van der Waals surface area contributed by atoms with Crippen LogP contribution < -0.4 is 0 Å². The van der Waals surface area contributed by atoms with E-state index in [2.05, 4.69) is 15.9 Å². The molecule has 0 bridgehead atoms. The minimum absolute atomic E-state index is 0.104. The van der Waals surface area contributed by atoms with E-state index in [9.17, 15) is 9.18 Å². The van der Waals surface area contributed by atoms with Crippen molar-refractivity contribution in [2.75, 3.05) is 0 Å². The maximum absolute atomic E-state index is 13.2. The van der Waals surface area contributed by atoms with Gasteiger partial charge in [-0.3, -0.25) is 4.79 Å². The summed E-state index contributed by atoms with van der Waals surface area (Å²) in [5, 5.41) is 26.4. The molecule has 6 heteroatoms. The number of carbonyl (C=O) groups is 1. The van der Waals surface area contributed by atoms with Crippen molar-refractivity contribution in [3.05, 3.63) is 21.9 Å². The fourth-order valence-corrected chi connectivity index (χ4v) is 1.48. The molecule has 0 amide bonds. The summed E-state index contributed by atoms with van der Waals surface area (Å²) < 4.78 is 13.3. The van der Waals surface area contributed by atoms with Crippen LogP contribution in [0, 0.1) is 5.82 Å². The lowest BCUT2D eigenvalue weighted by atomic mass is 10.1. The van der Waals surface area contributed by atoms with Crippen LogP contribution in [0.3, 0.4) is 0 Å². The topological polar surface area (TPSA) is 77.8 Å². The lowest BCUT2D eigenvalue weighted by molar-refractivity contribution is -0.136. The van der Waals surface area contributed by atoms with E-state index in [0.717, 1.165) is 6.07 Å². The molecular formula is C8H6BrFO4. The smallest absolute Gasteiger partial charge is 0.307 e. The van der Waals surface area contributed by atoms with Gasteiger partial charge in [0.15, 0.2) is 17.3 Å². The summed E-state index contributed by atoms with van der Waals surface area (Å²) in [6.07, 6.45) is -0.569. The number of hydrogen-bond donors (Lipinski definition) is 3. The Kier molecular flexibility index (Phi) is 2.95. The second-order valence-electron chi connectivity index (χ2n) is 2.59. The van der Waals surface area contributed by atoms with E-state index in [-0.39, 0.29) is 10.0 Å². The van der Waals surface area contributed by atoms with Gasteiger partial charge < -0.3 is 15.3 Å². The summed E-state index contributed by atoms with van der Waals surface area (Å²) in [5.74, 6) is -3.93. The third kappa shape index (κ3) is 1.95. The van der Waals surface area contributed by atoms with E-state index in [4.69, 9.17) is 15.3 Å². The van der Waals surface area contributed by atoms with Gasteiger partial charge in [-0.15, -0.1) is 0 Å². The van der Waals surface area contributed by atoms with Gasteiger partial charge in [0.05, 0.1) is 6.42 Å². The first-order chi connectivity index (χ1) is 6.43. The molecule has 3 N–H and O–H groups in total. The first-order valence-corrected chi connectivity index (χ1v) is 4.33. The second kappa shape index (κ2) is 3.83. The number of rotatable bonds is 2. The van der Waals surface area contributed by atoms with Crippen LogP contribution >= 0.6 is 15.9 Å². The van der Waals surface area contributed by atoms with Gasteiger partial charge in [-0.1, -0.05) is 15.9 Å². The Labute approximate surface area is 86.7 Å². The molecule has 0 saturated carbocycles. The fraction of sp³-hybridized carbons (Fsp3) is 0.125. The second-order valence-corrected chi connectivity index (χ2v) is 3.44. The zero-order valence-electron chi connectivity index (χ0n) is 6.79. The van der Waals surface area contributed by atoms with E-state index in [1.807, 2.05) is 0 Å². The molecule has 1 aromatic carbocycles. The van der Waals surface area contributed by atoms with Crippen LogP contribution in [0.2, 0.25) is 0 Å². The summed E-state index contributed by atoms with van der Waals surface area (Å²) in [7, 11) is 0. The molecular weight excluding hydrogens is 259 g/mol. The fourth-order valence-electron chi connectivity index (χ4n) is 0.949. The molecule has 0 aliphatic carbocycles. The number of halogens is 2. The minimum Gasteiger partial charge on any atom is -0.504 e. The summed E-state index contributed by atoms with van der Waals surface area (Å²) in [6.45, 7) is 0. The number of carboxylic acids is 1. The Bertz CT molecular complexity index is 391. The van der Waals surface area contributed by atoms with Crippen molar-refractivity contribution in [1.29, 1.82) is 0 Å². The molecule has 0 unspecified atom stereocenters. The zero-order valence-corrected chi connectivity index (χ0v) is 8.38. The van der Waals surface area contributed by atoms with Gasteiger partial charge in [-0.2, -0.15) is 0 Å². The Morgan fingerprint density at radius 1 is 1.50 bits per heavy atom. The maximum Gasteiger partial charge on any atom is 0.307 e. The van der Waals surface area contributed by atoms with Crippen LogP contribution in [0.5, 0.6) is 11.5 Å². The van der Waals surface area contributed by atoms with Gasteiger partial charge in [0, 0.05) is 10.0 Å². The van der Waals surface area contributed by atoms with Crippen LogP contribution in [0.4, 0.5) is 4.39 Å². The lowest BCUT2D eigenvalue weighted by Gasteiger charge is -2.06. The average Bonchev–Trinajstić information content (AvgIpc) is 2.09. The first kappa shape index (κ1) is 10.8. The highest BCUT2D eigenvalue weighted by Gasteiger charge is 2.18. The van der Waals surface area contributed by atoms with Crippen LogP contribution in [0.15, 0.2) is 10.5 Å². The summed E-state index contributed by atoms with van der Waals surface area (Å²) in [6, 6.07) is 1.04. The van der Waals surface area contributed by atoms with Gasteiger partial charge in [-0.05, 0) is 6.07 Å². The number of benzene rings is 1. The van der Waals surface area contributed by atoms with Crippen molar-refractivity contribution in [2.45, 2.75) is 6.42 Å². The van der Waals surface area contributed by atoms with E-state index >= 15 is 0 Å². The van der Waals surface area contributed by atoms with Crippen molar-refractivity contribution < 1.29 is 24.5 Å². The largest absolute Gasteiger partial charge is 0.504 e. The molecule has 0 fully saturated rings. The normalized spacial score (nSPS) is 10.1. The third-order valence-corrected chi connectivity index (χ3v) is 2.30. The Morgan fingerprint density at radius 3 is 2.57 bits per heavy atom. The number of phenols is 2. The van der Waals surface area contributed by atoms with Gasteiger partial charge in [0.1, 0.15) is 0 Å². The van der Waals surface area contributed by atoms with Gasteiger partial charge in [0.25, 0.3) is 0 Å². The third-order valence-electron chi connectivity index (χ3n) is 1.60. The summed E-state index contributed by atoms with van der Waals surface area (Å²) >= 11 is 2.89. The number of phenolic OH excluding ortho intramolecular Hbond substituents is 2. The van der Waals surface area contributed by atoms with Crippen LogP contribution in [0.25, 0.3) is 0 Å². The highest BCUT2D eigenvalue weighted by Crippen LogP contribution is 2.35. The molecule has 0 aliphatic heterocycles. The maximum atomic E-state index is 13.2. The molecule has 4 nitrogen and oxygen atoms in total. The van der Waals surface area contributed by atoms with E-state index in [1.165, 1.54) is 0 Å². The average molecular weight is 265 g/mol. The Hall–Kier alpha value is -1.30. The molecule has 1 rings (SSSR count). The van der Waals surface area contributed by atoms with Gasteiger partial charge >= 0.3 is 5.97 Å². The van der Waals surface area contributed by atoms with Gasteiger partial charge in [0.2, 0.25) is 0 Å². The summed E-state index contributed by atoms with van der Waals surface area (Å²) in [5.41, 5.74) is -0.201. The highest BCUT2D eigenvalue weighted by molar-refractivity contribution is 9.10. The molecule has 0 spiro atoms. The zero-order chi connectivity index (χ0) is 10.9. The van der Waals surface area contributed by atoms with Crippen LogP contribution in [0.1, 0.15) is 5.56 Å². The van der Waals surface area contributed by atoms with E-state index < -0.39 is 29.7 Å². The predicted molar refractivity (Wildman–Crippen MR) is 48.8 cm³/mol. The predicted octanol–water partition coefficient (Wildman–Crippen LogP) is 1.63. The van der Waals surface area contributed by atoms with Crippen molar-refractivity contribution >= 4 is 21.9 Å². The Balaban J connectivity index is 3.29. The first-order valence-electron chi connectivity index (χ1n) is 3.54. The van der Waals surface area contributed by atoms with Crippen molar-refractivity contribution in [3.63, 3.8) is 0 Å². The monoisotopic (exact) mass is 264 g/mol. The van der Waals surface area contributed by atoms with E-state index in [1.54, 1.807) is 0 Å². The number of carboxylic acid groups (broad SMARTS) is 1. The molecule has 1 aromatic rings. The molecule has 0 saturated heterocycles. The van der Waals surface area contributed by atoms with Crippen molar-refractivity contribution in [2.24, 2.45) is 0 Å². The number of aromatic hydroxyl groups is 2. The van der Waals surface area contributed by atoms with Gasteiger partial charge in [-0.25, -0.2) is 4.39 Å². The molecule has 0 heterocycles. The SMILES string of the molecule is O=C(O)Cc1c(Br)cc(O)c(O)c1F. The Morgan fingerprint density at radius 2 is 2.07 bits per heavy atom. The number of aliphatic carboxylic acids is 1. The van der Waals surface area contributed by atoms with E-state index in [0.29, 0.717) is 0 Å². The van der Waals surface area contributed by atoms with Crippen LogP contribution in [-0.2, 0) is 11.2 Å². The summed E-state index contributed by atoms with van der Waals surface area (Å²) in [4.78, 5) is 10.3. The molecule has 0 aliphatic rings. The standard InChI is InChI=1S/C8H6BrFO4/c9-4-2-5(11)8(14)7(10)3(4)1-6(12)13/h2,11,14H,1H2,(H,12,13). The minimum atomic E-state index is -1.23. The van der Waals surface area contributed by atoms with Crippen molar-refractivity contribution in [3.8, 4) is 11.5 Å². The number of hydrogen-bond acceptors (Lipinski definition) is 3. The highest BCUT2D eigenvalue weighted by atomic mass is 79.9. The molecule has 0 aromatic heterocycles. The molecule has 0 atom stereocenters. The molecule has 76 valence electrons. The quantitative estimate of drug-likeness (QED) is 0.710. The van der Waals surface area contributed by atoms with Crippen molar-refractivity contribution in [1.82, 2.24) is 0 Å². The molecule has 14 heavy (non-hydrogen) atoms. The lowest BCUT2D eigenvalue weighted by Crippen LogP contribution is -2.03.